The molecular weight excluding hydrogens is 283 g/mol. The summed E-state index contributed by atoms with van der Waals surface area (Å²) in [5.41, 5.74) is 7.35. The van der Waals surface area contributed by atoms with Crippen molar-refractivity contribution in [3.8, 4) is 0 Å². The Balaban J connectivity index is 2.08. The average molecular weight is 295 g/mol. The zero-order chi connectivity index (χ0) is 13.8. The fourth-order valence-corrected chi connectivity index (χ4v) is 2.18. The summed E-state index contributed by atoms with van der Waals surface area (Å²) in [6.45, 7) is 0.508. The van der Waals surface area contributed by atoms with Crippen LogP contribution in [0.1, 0.15) is 15.9 Å². The van der Waals surface area contributed by atoms with E-state index in [2.05, 4.69) is 5.32 Å². The first kappa shape index (κ1) is 13.7. The molecule has 0 aliphatic carbocycles. The van der Waals surface area contributed by atoms with E-state index >= 15 is 0 Å². The Labute approximate surface area is 121 Å². The molecule has 0 saturated carbocycles. The quantitative estimate of drug-likeness (QED) is 0.903. The Morgan fingerprint density at radius 2 is 1.63 bits per heavy atom. The number of hydrogen-bond acceptors (Lipinski definition) is 2. The second-order valence-corrected chi connectivity index (χ2v) is 4.81. The Kier molecular flexibility index (Phi) is 4.30. The summed E-state index contributed by atoms with van der Waals surface area (Å²) >= 11 is 12.2. The van der Waals surface area contributed by atoms with Crippen molar-refractivity contribution in [3.05, 3.63) is 63.6 Å². The minimum absolute atomic E-state index is 0.444. The minimum Gasteiger partial charge on any atom is -0.381 e. The molecule has 0 aliphatic heterocycles. The zero-order valence-electron chi connectivity index (χ0n) is 9.99. The number of nitrogens with one attached hydrogen (secondary N) is 1. The van der Waals surface area contributed by atoms with Crippen molar-refractivity contribution in [1.82, 2.24) is 0 Å². The molecule has 98 valence electrons. The summed E-state index contributed by atoms with van der Waals surface area (Å²) in [6, 6.07) is 12.3. The van der Waals surface area contributed by atoms with E-state index in [1.807, 2.05) is 0 Å². The van der Waals surface area contributed by atoms with Crippen molar-refractivity contribution in [2.24, 2.45) is 5.73 Å². The lowest BCUT2D eigenvalue weighted by molar-refractivity contribution is 0.100. The van der Waals surface area contributed by atoms with Gasteiger partial charge < -0.3 is 11.1 Å². The fraction of sp³-hybridized carbons (Fsp3) is 0.0714. The standard InChI is InChI=1S/C14H12Cl2N2O/c15-12-2-1-3-13(16)11(12)8-18-10-6-4-9(5-7-10)14(17)19/h1-7,18H,8H2,(H2,17,19). The number of nitrogens with two attached hydrogens (primary N) is 1. The number of benzene rings is 2. The molecule has 0 spiro atoms. The molecule has 0 saturated heterocycles. The van der Waals surface area contributed by atoms with Crippen molar-refractivity contribution in [2.75, 3.05) is 5.32 Å². The Hall–Kier alpha value is -1.71. The Bertz CT molecular complexity index is 577. The molecule has 1 amide bonds. The number of halogens is 2. The van der Waals surface area contributed by atoms with E-state index < -0.39 is 5.91 Å². The number of primary amides is 1. The monoisotopic (exact) mass is 294 g/mol. The highest BCUT2D eigenvalue weighted by atomic mass is 35.5. The van der Waals surface area contributed by atoms with Crippen LogP contribution < -0.4 is 11.1 Å². The van der Waals surface area contributed by atoms with Crippen LogP contribution in [0.5, 0.6) is 0 Å². The van der Waals surface area contributed by atoms with Crippen molar-refractivity contribution in [2.45, 2.75) is 6.54 Å². The van der Waals surface area contributed by atoms with Gasteiger partial charge in [0, 0.05) is 33.4 Å². The molecule has 3 N–H and O–H groups in total. The van der Waals surface area contributed by atoms with Crippen molar-refractivity contribution in [1.29, 1.82) is 0 Å². The molecule has 2 rings (SSSR count). The van der Waals surface area contributed by atoms with Gasteiger partial charge in [-0.1, -0.05) is 29.3 Å². The van der Waals surface area contributed by atoms with Crippen molar-refractivity contribution < 1.29 is 4.79 Å². The van der Waals surface area contributed by atoms with E-state index in [9.17, 15) is 4.79 Å². The lowest BCUT2D eigenvalue weighted by atomic mass is 10.2. The first-order chi connectivity index (χ1) is 9.08. The number of hydrogen-bond donors (Lipinski definition) is 2. The Morgan fingerprint density at radius 1 is 1.05 bits per heavy atom. The molecule has 3 nitrogen and oxygen atoms in total. The molecule has 0 aliphatic rings. The van der Waals surface area contributed by atoms with Gasteiger partial charge in [-0.2, -0.15) is 0 Å². The molecule has 0 aromatic heterocycles. The second-order valence-electron chi connectivity index (χ2n) is 4.00. The minimum atomic E-state index is -0.444. The largest absolute Gasteiger partial charge is 0.381 e. The van der Waals surface area contributed by atoms with E-state index in [0.717, 1.165) is 11.3 Å². The number of amides is 1. The first-order valence-electron chi connectivity index (χ1n) is 5.64. The number of anilines is 1. The predicted molar refractivity (Wildman–Crippen MR) is 78.7 cm³/mol. The van der Waals surface area contributed by atoms with Crippen molar-refractivity contribution in [3.63, 3.8) is 0 Å². The van der Waals surface area contributed by atoms with Gasteiger partial charge >= 0.3 is 0 Å². The molecule has 0 fully saturated rings. The third kappa shape index (κ3) is 3.40. The predicted octanol–water partition coefficient (Wildman–Crippen LogP) is 3.70. The van der Waals surface area contributed by atoms with E-state index in [0.29, 0.717) is 22.2 Å². The summed E-state index contributed by atoms with van der Waals surface area (Å²) in [5.74, 6) is -0.444. The van der Waals surface area contributed by atoms with Gasteiger partial charge in [0.15, 0.2) is 0 Å². The summed E-state index contributed by atoms with van der Waals surface area (Å²) in [4.78, 5) is 10.9. The van der Waals surface area contributed by atoms with Gasteiger partial charge in [0.1, 0.15) is 0 Å². The van der Waals surface area contributed by atoms with Crippen LogP contribution in [0, 0.1) is 0 Å². The van der Waals surface area contributed by atoms with Crippen LogP contribution in [-0.4, -0.2) is 5.91 Å². The molecule has 0 bridgehead atoms. The number of rotatable bonds is 4. The summed E-state index contributed by atoms with van der Waals surface area (Å²) in [6.07, 6.45) is 0. The molecule has 0 atom stereocenters. The van der Waals surface area contributed by atoms with E-state index in [4.69, 9.17) is 28.9 Å². The van der Waals surface area contributed by atoms with Crippen LogP contribution in [0.3, 0.4) is 0 Å². The molecule has 0 heterocycles. The smallest absolute Gasteiger partial charge is 0.248 e. The lowest BCUT2D eigenvalue weighted by Gasteiger charge is -2.10. The van der Waals surface area contributed by atoms with Crippen LogP contribution in [0.4, 0.5) is 5.69 Å². The van der Waals surface area contributed by atoms with E-state index in [-0.39, 0.29) is 0 Å². The van der Waals surface area contributed by atoms with Gasteiger partial charge in [0.2, 0.25) is 5.91 Å². The van der Waals surface area contributed by atoms with Crippen LogP contribution >= 0.6 is 23.2 Å². The summed E-state index contributed by atoms with van der Waals surface area (Å²) in [5, 5.41) is 4.43. The normalized spacial score (nSPS) is 10.2. The highest BCUT2D eigenvalue weighted by Gasteiger charge is 2.05. The molecule has 2 aromatic carbocycles. The molecular formula is C14H12Cl2N2O. The van der Waals surface area contributed by atoms with E-state index in [1.54, 1.807) is 42.5 Å². The highest BCUT2D eigenvalue weighted by molar-refractivity contribution is 6.36. The van der Waals surface area contributed by atoms with Crippen LogP contribution in [0.2, 0.25) is 10.0 Å². The van der Waals surface area contributed by atoms with Gasteiger partial charge in [-0.05, 0) is 36.4 Å². The maximum atomic E-state index is 10.9. The second kappa shape index (κ2) is 5.95. The maximum absolute atomic E-state index is 10.9. The molecule has 0 unspecified atom stereocenters. The van der Waals surface area contributed by atoms with Gasteiger partial charge in [0.05, 0.1) is 0 Å². The molecule has 0 radical (unpaired) electrons. The van der Waals surface area contributed by atoms with Gasteiger partial charge in [-0.25, -0.2) is 0 Å². The fourth-order valence-electron chi connectivity index (χ4n) is 1.64. The van der Waals surface area contributed by atoms with Crippen LogP contribution in [0.15, 0.2) is 42.5 Å². The van der Waals surface area contributed by atoms with Crippen LogP contribution in [0.25, 0.3) is 0 Å². The SMILES string of the molecule is NC(=O)c1ccc(NCc2c(Cl)cccc2Cl)cc1. The Morgan fingerprint density at radius 3 is 2.16 bits per heavy atom. The zero-order valence-corrected chi connectivity index (χ0v) is 11.5. The van der Waals surface area contributed by atoms with Gasteiger partial charge in [-0.3, -0.25) is 4.79 Å². The topological polar surface area (TPSA) is 55.1 Å². The average Bonchev–Trinajstić information content (AvgIpc) is 2.38. The van der Waals surface area contributed by atoms with Gasteiger partial charge in [-0.15, -0.1) is 0 Å². The molecule has 5 heteroatoms. The third-order valence-corrected chi connectivity index (χ3v) is 3.41. The maximum Gasteiger partial charge on any atom is 0.248 e. The number of carbonyl (C=O) groups is 1. The lowest BCUT2D eigenvalue weighted by Crippen LogP contribution is -2.10. The van der Waals surface area contributed by atoms with Crippen molar-refractivity contribution >= 4 is 34.8 Å². The number of carbonyl (C=O) groups excluding carboxylic acids is 1. The third-order valence-electron chi connectivity index (χ3n) is 2.70. The molecule has 19 heavy (non-hydrogen) atoms. The van der Waals surface area contributed by atoms with E-state index in [1.165, 1.54) is 0 Å². The van der Waals surface area contributed by atoms with Crippen LogP contribution in [-0.2, 0) is 6.54 Å². The summed E-state index contributed by atoms with van der Waals surface area (Å²) in [7, 11) is 0. The first-order valence-corrected chi connectivity index (χ1v) is 6.40. The molecule has 2 aromatic rings. The summed E-state index contributed by atoms with van der Waals surface area (Å²) < 4.78 is 0. The van der Waals surface area contributed by atoms with Gasteiger partial charge in [0.25, 0.3) is 0 Å². The highest BCUT2D eigenvalue weighted by Crippen LogP contribution is 2.25.